The Morgan fingerprint density at radius 2 is 2.12 bits per heavy atom. The summed E-state index contributed by atoms with van der Waals surface area (Å²) in [5, 5.41) is 4.12. The van der Waals surface area contributed by atoms with E-state index in [-0.39, 0.29) is 28.3 Å². The van der Waals surface area contributed by atoms with E-state index in [4.69, 9.17) is 11.6 Å². The molecule has 1 amide bonds. The van der Waals surface area contributed by atoms with Gasteiger partial charge in [0.05, 0.1) is 11.2 Å². The maximum atomic E-state index is 13.8. The normalized spacial score (nSPS) is 11.3. The van der Waals surface area contributed by atoms with Gasteiger partial charge in [0, 0.05) is 16.4 Å². The largest absolute Gasteiger partial charge is 0.332 e. The predicted molar refractivity (Wildman–Crippen MR) is 98.6 cm³/mol. The van der Waals surface area contributed by atoms with Crippen molar-refractivity contribution >= 4 is 45.8 Å². The molecule has 26 heavy (non-hydrogen) atoms. The van der Waals surface area contributed by atoms with E-state index in [9.17, 15) is 18.8 Å². The Hall–Kier alpha value is -2.52. The van der Waals surface area contributed by atoms with Crippen LogP contribution in [0.1, 0.15) is 19.9 Å². The molecule has 0 unspecified atom stereocenters. The highest BCUT2D eigenvalue weighted by atomic mass is 35.5. The van der Waals surface area contributed by atoms with Gasteiger partial charge < -0.3 is 5.32 Å². The van der Waals surface area contributed by atoms with Gasteiger partial charge in [-0.1, -0.05) is 11.6 Å². The number of nitrogens with zero attached hydrogens (tertiary/aromatic N) is 3. The number of amides is 1. The molecule has 0 spiro atoms. The van der Waals surface area contributed by atoms with Crippen LogP contribution in [0.2, 0.25) is 5.02 Å². The van der Waals surface area contributed by atoms with Crippen molar-refractivity contribution in [2.24, 2.45) is 0 Å². The van der Waals surface area contributed by atoms with Crippen molar-refractivity contribution in [2.45, 2.75) is 26.4 Å². The molecule has 7 nitrogen and oxygen atoms in total. The van der Waals surface area contributed by atoms with E-state index in [1.165, 1.54) is 17.5 Å². The summed E-state index contributed by atoms with van der Waals surface area (Å²) >= 11 is 6.70. The third-order valence-corrected chi connectivity index (χ3v) is 4.58. The first kappa shape index (κ1) is 18.3. The number of aromatic nitrogens is 3. The van der Waals surface area contributed by atoms with E-state index < -0.39 is 29.0 Å². The van der Waals surface area contributed by atoms with E-state index >= 15 is 0 Å². The summed E-state index contributed by atoms with van der Waals surface area (Å²) in [7, 11) is 0. The van der Waals surface area contributed by atoms with E-state index in [0.29, 0.717) is 0 Å². The molecule has 2 heterocycles. The number of anilines is 1. The van der Waals surface area contributed by atoms with Crippen molar-refractivity contribution in [3.05, 3.63) is 55.3 Å². The first-order valence-corrected chi connectivity index (χ1v) is 8.85. The summed E-state index contributed by atoms with van der Waals surface area (Å²) in [5.74, 6) is -1.30. The van der Waals surface area contributed by atoms with Crippen molar-refractivity contribution in [3.63, 3.8) is 0 Å². The van der Waals surface area contributed by atoms with Crippen molar-refractivity contribution < 1.29 is 9.18 Å². The van der Waals surface area contributed by atoms with E-state index in [0.717, 1.165) is 26.7 Å². The Kier molecular flexibility index (Phi) is 4.92. The molecular formula is C16H14ClFN4O3S. The van der Waals surface area contributed by atoms with Crippen LogP contribution in [0.25, 0.3) is 11.0 Å². The first-order valence-electron chi connectivity index (χ1n) is 7.64. The third-order valence-electron chi connectivity index (χ3n) is 3.72. The molecule has 0 fully saturated rings. The number of hydrogen-bond acceptors (Lipinski definition) is 5. The number of halogens is 2. The molecule has 0 radical (unpaired) electrons. The minimum atomic E-state index is -0.687. The van der Waals surface area contributed by atoms with Crippen molar-refractivity contribution in [2.75, 3.05) is 5.32 Å². The summed E-state index contributed by atoms with van der Waals surface area (Å²) in [6.45, 7) is 2.99. The SMILES string of the molecule is CC(C)n1c(=O)c2nscc2n(CC(=O)Nc2ccc(Cl)cc2F)c1=O. The molecular weight excluding hydrogens is 383 g/mol. The molecule has 0 aliphatic carbocycles. The van der Waals surface area contributed by atoms with Gasteiger partial charge in [-0.25, -0.2) is 9.18 Å². The zero-order chi connectivity index (χ0) is 19.0. The van der Waals surface area contributed by atoms with Crippen LogP contribution in [0, 0.1) is 5.82 Å². The van der Waals surface area contributed by atoms with Gasteiger partial charge in [0.2, 0.25) is 5.91 Å². The van der Waals surface area contributed by atoms with Gasteiger partial charge in [0.1, 0.15) is 12.4 Å². The van der Waals surface area contributed by atoms with Crippen LogP contribution in [0.15, 0.2) is 33.2 Å². The highest BCUT2D eigenvalue weighted by Crippen LogP contribution is 2.19. The van der Waals surface area contributed by atoms with Crippen LogP contribution in [-0.4, -0.2) is 19.4 Å². The highest BCUT2D eigenvalue weighted by Gasteiger charge is 2.19. The standard InChI is InChI=1S/C16H14ClFN4O3S/c1-8(2)22-15(24)14-12(7-26-20-14)21(16(22)25)6-13(23)19-11-4-3-9(17)5-10(11)18/h3-5,7-8H,6H2,1-2H3,(H,19,23). The molecule has 3 aromatic rings. The number of hydrogen-bond donors (Lipinski definition) is 1. The molecule has 0 aliphatic rings. The molecule has 0 aliphatic heterocycles. The van der Waals surface area contributed by atoms with E-state index in [1.54, 1.807) is 13.8 Å². The minimum absolute atomic E-state index is 0.0516. The number of nitrogens with one attached hydrogen (secondary N) is 1. The summed E-state index contributed by atoms with van der Waals surface area (Å²) < 4.78 is 20.1. The minimum Gasteiger partial charge on any atom is -0.322 e. The number of rotatable bonds is 4. The van der Waals surface area contributed by atoms with Gasteiger partial charge in [0.25, 0.3) is 5.56 Å². The lowest BCUT2D eigenvalue weighted by atomic mass is 10.3. The topological polar surface area (TPSA) is 86.0 Å². The van der Waals surface area contributed by atoms with Crippen molar-refractivity contribution in [1.29, 1.82) is 0 Å². The van der Waals surface area contributed by atoms with E-state index in [2.05, 4.69) is 9.69 Å². The van der Waals surface area contributed by atoms with Gasteiger partial charge >= 0.3 is 5.69 Å². The van der Waals surface area contributed by atoms with Gasteiger partial charge in [-0.05, 0) is 43.6 Å². The molecule has 3 rings (SSSR count). The second-order valence-electron chi connectivity index (χ2n) is 5.86. The number of benzene rings is 1. The quantitative estimate of drug-likeness (QED) is 0.734. The summed E-state index contributed by atoms with van der Waals surface area (Å²) in [6, 6.07) is 3.44. The average Bonchev–Trinajstić information content (AvgIpc) is 3.04. The molecule has 10 heteroatoms. The van der Waals surface area contributed by atoms with Crippen LogP contribution < -0.4 is 16.6 Å². The maximum absolute atomic E-state index is 13.8. The predicted octanol–water partition coefficient (Wildman–Crippen LogP) is 2.63. The van der Waals surface area contributed by atoms with Gasteiger partial charge in [-0.3, -0.25) is 18.7 Å². The zero-order valence-corrected chi connectivity index (χ0v) is 15.4. The van der Waals surface area contributed by atoms with Crippen molar-refractivity contribution in [3.8, 4) is 0 Å². The fourth-order valence-corrected chi connectivity index (χ4v) is 3.37. The molecule has 1 N–H and O–H groups in total. The van der Waals surface area contributed by atoms with Gasteiger partial charge in [-0.15, -0.1) is 0 Å². The smallest absolute Gasteiger partial charge is 0.322 e. The Bertz CT molecular complexity index is 1120. The van der Waals surface area contributed by atoms with E-state index in [1.807, 2.05) is 0 Å². The number of carbonyl (C=O) groups is 1. The van der Waals surface area contributed by atoms with Crippen LogP contribution >= 0.6 is 23.1 Å². The van der Waals surface area contributed by atoms with Crippen LogP contribution in [-0.2, 0) is 11.3 Å². The Labute approximate surface area is 155 Å². The van der Waals surface area contributed by atoms with Gasteiger partial charge in [0.15, 0.2) is 5.52 Å². The lowest BCUT2D eigenvalue weighted by Gasteiger charge is -2.14. The average molecular weight is 397 g/mol. The molecule has 2 aromatic heterocycles. The lowest BCUT2D eigenvalue weighted by molar-refractivity contribution is -0.116. The zero-order valence-electron chi connectivity index (χ0n) is 13.8. The number of carbonyl (C=O) groups excluding carboxylic acids is 1. The van der Waals surface area contributed by atoms with Crippen LogP contribution in [0.5, 0.6) is 0 Å². The Morgan fingerprint density at radius 3 is 2.77 bits per heavy atom. The summed E-state index contributed by atoms with van der Waals surface area (Å²) in [4.78, 5) is 37.4. The lowest BCUT2D eigenvalue weighted by Crippen LogP contribution is -2.42. The molecule has 0 saturated carbocycles. The second-order valence-corrected chi connectivity index (χ2v) is 6.92. The molecule has 0 atom stereocenters. The molecule has 0 saturated heterocycles. The van der Waals surface area contributed by atoms with Crippen LogP contribution in [0.3, 0.4) is 0 Å². The van der Waals surface area contributed by atoms with Gasteiger partial charge in [-0.2, -0.15) is 4.37 Å². The fraction of sp³-hybridized carbons (Fsp3) is 0.250. The van der Waals surface area contributed by atoms with Crippen molar-refractivity contribution in [1.82, 2.24) is 13.5 Å². The maximum Gasteiger partial charge on any atom is 0.332 e. The Morgan fingerprint density at radius 1 is 1.38 bits per heavy atom. The molecule has 1 aromatic carbocycles. The summed E-state index contributed by atoms with van der Waals surface area (Å²) in [5.41, 5.74) is -0.780. The van der Waals surface area contributed by atoms with Crippen LogP contribution in [0.4, 0.5) is 10.1 Å². The first-order chi connectivity index (χ1) is 12.3. The Balaban J connectivity index is 2.00. The summed E-state index contributed by atoms with van der Waals surface area (Å²) in [6.07, 6.45) is 0. The highest BCUT2D eigenvalue weighted by molar-refractivity contribution is 7.04. The monoisotopic (exact) mass is 396 g/mol. The fourth-order valence-electron chi connectivity index (χ4n) is 2.54. The second kappa shape index (κ2) is 7.00. The molecule has 136 valence electrons. The number of fused-ring (bicyclic) bond motifs is 1. The molecule has 0 bridgehead atoms. The third kappa shape index (κ3) is 3.27.